The Morgan fingerprint density at radius 1 is 1.27 bits per heavy atom. The lowest BCUT2D eigenvalue weighted by Gasteiger charge is -2.05. The quantitative estimate of drug-likeness (QED) is 0.700. The van der Waals surface area contributed by atoms with E-state index >= 15 is 0 Å². The van der Waals surface area contributed by atoms with Gasteiger partial charge in [0.1, 0.15) is 0 Å². The summed E-state index contributed by atoms with van der Waals surface area (Å²) in [5.74, 6) is 0. The fraction of sp³-hybridized carbons (Fsp3) is 0.200. The summed E-state index contributed by atoms with van der Waals surface area (Å²) in [5.41, 5.74) is 2.57. The Morgan fingerprint density at radius 3 is 2.47 bits per heavy atom. The van der Waals surface area contributed by atoms with Gasteiger partial charge in [0.15, 0.2) is 0 Å². The summed E-state index contributed by atoms with van der Waals surface area (Å²) in [4.78, 5) is 0. The number of hydrogen-bond donors (Lipinski definition) is 0. The van der Waals surface area contributed by atoms with Crippen LogP contribution in [0.3, 0.4) is 0 Å². The molecule has 0 heterocycles. The molecule has 78 valence electrons. The Balaban J connectivity index is 3.75. The van der Waals surface area contributed by atoms with Crippen molar-refractivity contribution in [3.63, 3.8) is 0 Å². The molecule has 0 unspecified atom stereocenters. The second kappa shape index (κ2) is 5.35. The minimum absolute atomic E-state index is 1.02. The Kier molecular flexibility index (Phi) is 4.11. The van der Waals surface area contributed by atoms with E-state index < -0.39 is 0 Å². The molecule has 15 heavy (non-hydrogen) atoms. The van der Waals surface area contributed by atoms with Crippen molar-refractivity contribution < 1.29 is 0 Å². The van der Waals surface area contributed by atoms with Crippen LogP contribution in [-0.4, -0.2) is 0 Å². The lowest BCUT2D eigenvalue weighted by Crippen LogP contribution is -2.28. The van der Waals surface area contributed by atoms with Crippen molar-refractivity contribution >= 4 is 18.2 Å². The molecule has 0 fully saturated rings. The van der Waals surface area contributed by atoms with E-state index in [2.05, 4.69) is 51.3 Å². The average Bonchev–Trinajstić information content (AvgIpc) is 2.28. The highest BCUT2D eigenvalue weighted by molar-refractivity contribution is 5.55. The molecule has 0 heteroatoms. The number of hydrogen-bond acceptors (Lipinski definition) is 0. The van der Waals surface area contributed by atoms with E-state index in [1.54, 1.807) is 0 Å². The zero-order valence-corrected chi connectivity index (χ0v) is 9.59. The maximum absolute atomic E-state index is 3.85. The highest BCUT2D eigenvalue weighted by atomic mass is 14.0. The maximum atomic E-state index is 3.85. The third kappa shape index (κ3) is 2.27. The molecule has 0 radical (unpaired) electrons. The molecule has 1 aromatic rings. The topological polar surface area (TPSA) is 0 Å². The summed E-state index contributed by atoms with van der Waals surface area (Å²) in [7, 11) is 0. The molecule has 0 spiro atoms. The third-order valence-electron chi connectivity index (χ3n) is 2.60. The van der Waals surface area contributed by atoms with Crippen LogP contribution in [0, 0.1) is 0 Å². The smallest absolute Gasteiger partial charge is 0.0150 e. The minimum Gasteiger partial charge on any atom is -0.0990 e. The first kappa shape index (κ1) is 11.5. The van der Waals surface area contributed by atoms with Crippen molar-refractivity contribution in [3.8, 4) is 0 Å². The van der Waals surface area contributed by atoms with Gasteiger partial charge in [0, 0.05) is 0 Å². The molecule has 0 aliphatic rings. The van der Waals surface area contributed by atoms with Crippen molar-refractivity contribution in [2.24, 2.45) is 0 Å². The lowest BCUT2D eigenvalue weighted by molar-refractivity contribution is 1.11. The van der Waals surface area contributed by atoms with Crippen LogP contribution in [0.2, 0.25) is 0 Å². The molecule has 1 aromatic carbocycles. The standard InChI is InChI=1S/C15H18/c1-5-9-15-13(7-3)11-10-12(6-2)14(15)8-4/h5-7,9-11H,1-2,8H2,3-4H3/b13-7-,15-9+. The van der Waals surface area contributed by atoms with E-state index in [0.29, 0.717) is 0 Å². The van der Waals surface area contributed by atoms with Gasteiger partial charge in [-0.1, -0.05) is 56.5 Å². The first-order valence-electron chi connectivity index (χ1n) is 5.31. The summed E-state index contributed by atoms with van der Waals surface area (Å²) in [6.45, 7) is 11.8. The Morgan fingerprint density at radius 2 is 2.00 bits per heavy atom. The van der Waals surface area contributed by atoms with E-state index in [1.807, 2.05) is 12.2 Å². The zero-order chi connectivity index (χ0) is 11.3. The fourth-order valence-electron chi connectivity index (χ4n) is 1.85. The molecule has 0 aromatic heterocycles. The fourth-order valence-corrected chi connectivity index (χ4v) is 1.85. The molecule has 0 aliphatic heterocycles. The van der Waals surface area contributed by atoms with E-state index in [-0.39, 0.29) is 0 Å². The summed E-state index contributed by atoms with van der Waals surface area (Å²) in [6.07, 6.45) is 8.97. The highest BCUT2D eigenvalue weighted by Crippen LogP contribution is 2.04. The van der Waals surface area contributed by atoms with Gasteiger partial charge in [-0.3, -0.25) is 0 Å². The Bertz CT molecular complexity index is 475. The van der Waals surface area contributed by atoms with E-state index in [0.717, 1.165) is 6.42 Å². The first-order valence-corrected chi connectivity index (χ1v) is 5.31. The molecule has 0 bridgehead atoms. The zero-order valence-electron chi connectivity index (χ0n) is 9.59. The van der Waals surface area contributed by atoms with Crippen molar-refractivity contribution in [1.82, 2.24) is 0 Å². The van der Waals surface area contributed by atoms with Crippen LogP contribution in [0.5, 0.6) is 0 Å². The van der Waals surface area contributed by atoms with Gasteiger partial charge in [-0.25, -0.2) is 0 Å². The van der Waals surface area contributed by atoms with E-state index in [4.69, 9.17) is 0 Å². The normalized spacial score (nSPS) is 12.9. The predicted octanol–water partition coefficient (Wildman–Crippen LogP) is 2.66. The average molecular weight is 198 g/mol. The summed E-state index contributed by atoms with van der Waals surface area (Å²) in [6, 6.07) is 4.26. The third-order valence-corrected chi connectivity index (χ3v) is 2.60. The van der Waals surface area contributed by atoms with Crippen LogP contribution >= 0.6 is 0 Å². The monoisotopic (exact) mass is 198 g/mol. The van der Waals surface area contributed by atoms with Gasteiger partial charge in [0.2, 0.25) is 0 Å². The second-order valence-corrected chi connectivity index (χ2v) is 3.38. The molecule has 1 rings (SSSR count). The number of allylic oxidation sites excluding steroid dienone is 1. The SMILES string of the molecule is C=C/C=c1/c(CC)c(C=C)cc/c1=C/C. The molecule has 0 saturated carbocycles. The predicted molar refractivity (Wildman–Crippen MR) is 70.0 cm³/mol. The Labute approximate surface area is 92.0 Å². The molecular formula is C15H18. The van der Waals surface area contributed by atoms with Gasteiger partial charge in [0.25, 0.3) is 0 Å². The highest BCUT2D eigenvalue weighted by Gasteiger charge is 1.99. The summed E-state index contributed by atoms with van der Waals surface area (Å²) in [5, 5.41) is 2.53. The molecule has 0 nitrogen and oxygen atoms in total. The van der Waals surface area contributed by atoms with Crippen LogP contribution in [0.4, 0.5) is 0 Å². The second-order valence-electron chi connectivity index (χ2n) is 3.38. The molecule has 0 amide bonds. The van der Waals surface area contributed by atoms with Gasteiger partial charge >= 0.3 is 0 Å². The van der Waals surface area contributed by atoms with Crippen molar-refractivity contribution in [3.05, 3.63) is 52.9 Å². The molecule has 0 N–H and O–H groups in total. The largest absolute Gasteiger partial charge is 0.0990 e. The van der Waals surface area contributed by atoms with Gasteiger partial charge < -0.3 is 0 Å². The summed E-state index contributed by atoms with van der Waals surface area (Å²) < 4.78 is 0. The van der Waals surface area contributed by atoms with Crippen LogP contribution in [0.25, 0.3) is 18.2 Å². The first-order chi connectivity index (χ1) is 7.28. The van der Waals surface area contributed by atoms with Gasteiger partial charge in [-0.05, 0) is 34.9 Å². The van der Waals surface area contributed by atoms with Crippen molar-refractivity contribution in [2.45, 2.75) is 20.3 Å². The van der Waals surface area contributed by atoms with E-state index in [9.17, 15) is 0 Å². The van der Waals surface area contributed by atoms with Crippen LogP contribution in [0.1, 0.15) is 25.0 Å². The van der Waals surface area contributed by atoms with Gasteiger partial charge in [0.05, 0.1) is 0 Å². The lowest BCUT2D eigenvalue weighted by atomic mass is 10.00. The molecule has 0 aliphatic carbocycles. The van der Waals surface area contributed by atoms with Gasteiger partial charge in [-0.2, -0.15) is 0 Å². The summed E-state index contributed by atoms with van der Waals surface area (Å²) >= 11 is 0. The van der Waals surface area contributed by atoms with E-state index in [1.165, 1.54) is 21.6 Å². The molecule has 0 saturated heterocycles. The van der Waals surface area contributed by atoms with Crippen molar-refractivity contribution in [1.29, 1.82) is 0 Å². The minimum atomic E-state index is 1.02. The number of benzene rings is 1. The van der Waals surface area contributed by atoms with Crippen molar-refractivity contribution in [2.75, 3.05) is 0 Å². The molecule has 0 atom stereocenters. The molecular weight excluding hydrogens is 180 g/mol. The van der Waals surface area contributed by atoms with Gasteiger partial charge in [-0.15, -0.1) is 0 Å². The van der Waals surface area contributed by atoms with Crippen LogP contribution < -0.4 is 10.4 Å². The number of rotatable bonds is 3. The maximum Gasteiger partial charge on any atom is -0.0150 e. The van der Waals surface area contributed by atoms with Crippen LogP contribution in [0.15, 0.2) is 31.4 Å². The van der Waals surface area contributed by atoms with Crippen LogP contribution in [-0.2, 0) is 6.42 Å². The Hall–Kier alpha value is -1.56.